The maximum absolute atomic E-state index is 14.1. The lowest BCUT2D eigenvalue weighted by atomic mass is 9.94. The second-order valence-corrected chi connectivity index (χ2v) is 9.72. The fourth-order valence-electron chi connectivity index (χ4n) is 5.13. The lowest BCUT2D eigenvalue weighted by Crippen LogP contribution is -2.41. The van der Waals surface area contributed by atoms with Gasteiger partial charge in [-0.2, -0.15) is 0 Å². The van der Waals surface area contributed by atoms with Crippen LogP contribution in [-0.2, 0) is 4.79 Å². The second-order valence-electron chi connectivity index (χ2n) is 9.72. The molecule has 2 atom stereocenters. The first kappa shape index (κ1) is 26.3. The Balaban J connectivity index is 1.93. The van der Waals surface area contributed by atoms with Crippen molar-refractivity contribution in [1.82, 2.24) is 14.5 Å². The van der Waals surface area contributed by atoms with E-state index >= 15 is 0 Å². The summed E-state index contributed by atoms with van der Waals surface area (Å²) in [5.41, 5.74) is 4.60. The molecular formula is C32H37N3O2. The minimum Gasteiger partial charge on any atom is -0.332 e. The molecular weight excluding hydrogens is 458 g/mol. The van der Waals surface area contributed by atoms with Crippen LogP contribution >= 0.6 is 0 Å². The number of rotatable bonds is 9. The van der Waals surface area contributed by atoms with Crippen LogP contribution in [0.25, 0.3) is 16.6 Å². The molecule has 3 aromatic carbocycles. The maximum Gasteiger partial charge on any atom is 0.266 e. The van der Waals surface area contributed by atoms with Crippen LogP contribution in [0.4, 0.5) is 0 Å². The number of benzene rings is 3. The van der Waals surface area contributed by atoms with Crippen molar-refractivity contribution in [3.63, 3.8) is 0 Å². The van der Waals surface area contributed by atoms with Gasteiger partial charge in [-0.3, -0.25) is 14.2 Å². The third-order valence-electron chi connectivity index (χ3n) is 7.27. The summed E-state index contributed by atoms with van der Waals surface area (Å²) in [5.74, 6) is 0.444. The number of carbonyl (C=O) groups excluding carboxylic acids is 1. The molecule has 5 nitrogen and oxygen atoms in total. The summed E-state index contributed by atoms with van der Waals surface area (Å²) in [5, 5.41) is 0.573. The Morgan fingerprint density at radius 3 is 2.24 bits per heavy atom. The number of carbonyl (C=O) groups is 1. The predicted octanol–water partition coefficient (Wildman–Crippen LogP) is 6.89. The van der Waals surface area contributed by atoms with Crippen LogP contribution in [0.2, 0.25) is 0 Å². The molecule has 0 spiro atoms. The molecule has 1 aromatic heterocycles. The molecule has 0 aliphatic heterocycles. The van der Waals surface area contributed by atoms with Crippen molar-refractivity contribution in [1.29, 1.82) is 0 Å². The summed E-state index contributed by atoms with van der Waals surface area (Å²) in [7, 11) is 0. The Morgan fingerprint density at radius 2 is 1.59 bits per heavy atom. The van der Waals surface area contributed by atoms with E-state index in [1.165, 1.54) is 0 Å². The van der Waals surface area contributed by atoms with Crippen molar-refractivity contribution in [2.75, 3.05) is 6.54 Å². The van der Waals surface area contributed by atoms with Gasteiger partial charge in [0.15, 0.2) is 0 Å². The number of nitrogens with zero attached hydrogens (tertiary/aromatic N) is 3. The van der Waals surface area contributed by atoms with Crippen LogP contribution in [0.5, 0.6) is 0 Å². The van der Waals surface area contributed by atoms with E-state index in [4.69, 9.17) is 4.98 Å². The van der Waals surface area contributed by atoms with E-state index in [2.05, 4.69) is 27.7 Å². The maximum atomic E-state index is 14.1. The summed E-state index contributed by atoms with van der Waals surface area (Å²) in [6, 6.07) is 23.2. The standard InChI is InChI=1S/C32H37N3O2/c1-6-20-34(31(36)26(7-2)24-14-10-9-11-15-24)29(8-3)30-33-28-17-13-12-16-27(28)32(37)35(30)25-19-18-22(4)23(5)21-25/h9-19,21,26,29H,6-8,20H2,1-5H3. The molecule has 5 heteroatoms. The average molecular weight is 496 g/mol. The molecule has 0 N–H and O–H groups in total. The molecule has 4 rings (SSSR count). The lowest BCUT2D eigenvalue weighted by molar-refractivity contribution is -0.135. The summed E-state index contributed by atoms with van der Waals surface area (Å²) in [6.07, 6.45) is 2.16. The highest BCUT2D eigenvalue weighted by molar-refractivity contribution is 5.84. The molecule has 192 valence electrons. The Bertz CT molecular complexity index is 1440. The molecule has 0 bridgehead atoms. The smallest absolute Gasteiger partial charge is 0.266 e. The molecule has 0 aliphatic carbocycles. The second kappa shape index (κ2) is 11.5. The van der Waals surface area contributed by atoms with E-state index in [-0.39, 0.29) is 23.4 Å². The molecule has 0 saturated carbocycles. The molecule has 1 amide bonds. The van der Waals surface area contributed by atoms with Crippen LogP contribution in [0, 0.1) is 13.8 Å². The first-order chi connectivity index (χ1) is 17.9. The zero-order valence-electron chi connectivity index (χ0n) is 22.6. The van der Waals surface area contributed by atoms with E-state index in [0.717, 1.165) is 28.8 Å². The lowest BCUT2D eigenvalue weighted by Gasteiger charge is -2.34. The molecule has 1 heterocycles. The number of hydrogen-bond donors (Lipinski definition) is 0. The van der Waals surface area contributed by atoms with Crippen LogP contribution < -0.4 is 5.56 Å². The van der Waals surface area contributed by atoms with Gasteiger partial charge in [0.1, 0.15) is 5.82 Å². The van der Waals surface area contributed by atoms with Crippen LogP contribution in [0.3, 0.4) is 0 Å². The van der Waals surface area contributed by atoms with E-state index in [1.54, 1.807) is 4.57 Å². The Hall–Kier alpha value is -3.73. The molecule has 37 heavy (non-hydrogen) atoms. The van der Waals surface area contributed by atoms with Crippen LogP contribution in [0.15, 0.2) is 77.6 Å². The fourth-order valence-corrected chi connectivity index (χ4v) is 5.13. The Labute approximate surface area is 219 Å². The van der Waals surface area contributed by atoms with Gasteiger partial charge in [-0.15, -0.1) is 0 Å². The van der Waals surface area contributed by atoms with Gasteiger partial charge in [0, 0.05) is 6.54 Å². The SMILES string of the molecule is CCCN(C(=O)C(CC)c1ccccc1)C(CC)c1nc2ccccc2c(=O)n1-c1ccc(C)c(C)c1. The fraction of sp³-hybridized carbons (Fsp3) is 0.344. The van der Waals surface area contributed by atoms with Gasteiger partial charge in [-0.25, -0.2) is 4.98 Å². The number of hydrogen-bond acceptors (Lipinski definition) is 3. The van der Waals surface area contributed by atoms with Gasteiger partial charge in [0.25, 0.3) is 5.56 Å². The van der Waals surface area contributed by atoms with Gasteiger partial charge in [-0.1, -0.05) is 69.3 Å². The minimum absolute atomic E-state index is 0.0800. The Morgan fingerprint density at radius 1 is 0.892 bits per heavy atom. The molecule has 0 radical (unpaired) electrons. The van der Waals surface area contributed by atoms with Gasteiger partial charge in [0.05, 0.1) is 28.6 Å². The topological polar surface area (TPSA) is 55.2 Å². The van der Waals surface area contributed by atoms with Crippen LogP contribution in [-0.4, -0.2) is 26.9 Å². The zero-order chi connectivity index (χ0) is 26.5. The average Bonchev–Trinajstić information content (AvgIpc) is 2.91. The quantitative estimate of drug-likeness (QED) is 0.254. The molecule has 0 aliphatic rings. The third kappa shape index (κ3) is 5.22. The van der Waals surface area contributed by atoms with Crippen molar-refractivity contribution in [3.05, 3.63) is 106 Å². The predicted molar refractivity (Wildman–Crippen MR) is 151 cm³/mol. The van der Waals surface area contributed by atoms with E-state index in [1.807, 2.05) is 84.6 Å². The van der Waals surface area contributed by atoms with Gasteiger partial charge in [0.2, 0.25) is 5.91 Å². The third-order valence-corrected chi connectivity index (χ3v) is 7.27. The van der Waals surface area contributed by atoms with Crippen LogP contribution in [0.1, 0.15) is 74.5 Å². The first-order valence-electron chi connectivity index (χ1n) is 13.4. The highest BCUT2D eigenvalue weighted by Gasteiger charge is 2.32. The van der Waals surface area contributed by atoms with E-state index in [9.17, 15) is 9.59 Å². The number of amides is 1. The zero-order valence-corrected chi connectivity index (χ0v) is 22.6. The molecule has 4 aromatic rings. The summed E-state index contributed by atoms with van der Waals surface area (Å²) < 4.78 is 1.72. The molecule has 0 saturated heterocycles. The van der Waals surface area contributed by atoms with Gasteiger partial charge < -0.3 is 4.90 Å². The molecule has 0 fully saturated rings. The van der Waals surface area contributed by atoms with Crippen molar-refractivity contribution >= 4 is 16.8 Å². The number of aromatic nitrogens is 2. The highest BCUT2D eigenvalue weighted by Crippen LogP contribution is 2.31. The van der Waals surface area contributed by atoms with Crippen molar-refractivity contribution < 1.29 is 4.79 Å². The normalized spacial score (nSPS) is 12.9. The summed E-state index contributed by atoms with van der Waals surface area (Å²) in [4.78, 5) is 35.1. The minimum atomic E-state index is -0.343. The number of fused-ring (bicyclic) bond motifs is 1. The largest absolute Gasteiger partial charge is 0.332 e. The van der Waals surface area contributed by atoms with E-state index < -0.39 is 0 Å². The summed E-state index contributed by atoms with van der Waals surface area (Å²) >= 11 is 0. The van der Waals surface area contributed by atoms with Crippen molar-refractivity contribution in [2.24, 2.45) is 0 Å². The molecule has 2 unspecified atom stereocenters. The van der Waals surface area contributed by atoms with Gasteiger partial charge in [-0.05, 0) is 74.1 Å². The number of aryl methyl sites for hydroxylation is 2. The van der Waals surface area contributed by atoms with E-state index in [0.29, 0.717) is 36.1 Å². The Kier molecular flexibility index (Phi) is 8.22. The first-order valence-corrected chi connectivity index (χ1v) is 13.4. The highest BCUT2D eigenvalue weighted by atomic mass is 16.2. The van der Waals surface area contributed by atoms with Crippen molar-refractivity contribution in [3.8, 4) is 5.69 Å². The van der Waals surface area contributed by atoms with Gasteiger partial charge >= 0.3 is 0 Å². The monoisotopic (exact) mass is 495 g/mol. The number of para-hydroxylation sites is 1. The van der Waals surface area contributed by atoms with Crippen molar-refractivity contribution in [2.45, 2.75) is 65.8 Å². The summed E-state index contributed by atoms with van der Waals surface area (Å²) in [6.45, 7) is 10.9.